The van der Waals surface area contributed by atoms with Crippen molar-refractivity contribution < 1.29 is 44.6 Å². The lowest BCUT2D eigenvalue weighted by Crippen LogP contribution is -2.60. The van der Waals surface area contributed by atoms with Crippen LogP contribution in [0.3, 0.4) is 0 Å². The van der Waals surface area contributed by atoms with Crippen LogP contribution in [0.2, 0.25) is 0 Å². The van der Waals surface area contributed by atoms with E-state index in [0.717, 1.165) is 29.8 Å². The van der Waals surface area contributed by atoms with Crippen LogP contribution in [-0.4, -0.2) is 111 Å². The maximum absolute atomic E-state index is 12.9. The molecule has 242 valence electrons. The molecule has 0 aliphatic carbocycles. The quantitative estimate of drug-likeness (QED) is 0.183. The Kier molecular flexibility index (Phi) is 11.2. The minimum atomic E-state index is -1.58. The van der Waals surface area contributed by atoms with E-state index in [1.807, 2.05) is 19.1 Å². The number of phenolic OH excluding ortho intramolecular Hbond substituents is 1. The second-order valence-corrected chi connectivity index (χ2v) is 12.1. The number of hydrogen-bond donors (Lipinski definition) is 7. The largest absolute Gasteiger partial charge is 0.508 e. The van der Waals surface area contributed by atoms with Crippen LogP contribution in [0.5, 0.6) is 11.5 Å². The average Bonchev–Trinajstić information content (AvgIpc) is 2.99. The smallest absolute Gasteiger partial charge is 0.247 e. The summed E-state index contributed by atoms with van der Waals surface area (Å²) in [5.74, 6) is -0.0804. The number of benzene rings is 2. The van der Waals surface area contributed by atoms with Crippen molar-refractivity contribution in [3.05, 3.63) is 58.7 Å². The van der Waals surface area contributed by atoms with Gasteiger partial charge in [-0.1, -0.05) is 24.3 Å². The zero-order valence-electron chi connectivity index (χ0n) is 25.5. The molecule has 2 fully saturated rings. The maximum atomic E-state index is 12.9. The molecule has 4 rings (SSSR count). The lowest BCUT2D eigenvalue weighted by molar-refractivity contribution is -0.277. The predicted octanol–water partition coefficient (Wildman–Crippen LogP) is 0.119. The number of carbonyl (C=O) groups is 2. The molecule has 0 unspecified atom stereocenters. The molecule has 0 bridgehead atoms. The van der Waals surface area contributed by atoms with Gasteiger partial charge < -0.3 is 50.5 Å². The number of aromatic hydroxyl groups is 1. The summed E-state index contributed by atoms with van der Waals surface area (Å²) >= 11 is 0. The first-order valence-electron chi connectivity index (χ1n) is 15.1. The number of phenols is 1. The normalized spacial score (nSPS) is 24.2. The first-order chi connectivity index (χ1) is 20.9. The Bertz CT molecular complexity index is 1300. The van der Waals surface area contributed by atoms with Gasteiger partial charge in [0, 0.05) is 45.1 Å². The van der Waals surface area contributed by atoms with Crippen molar-refractivity contribution in [2.24, 2.45) is 0 Å². The molecule has 44 heavy (non-hydrogen) atoms. The summed E-state index contributed by atoms with van der Waals surface area (Å²) in [6, 6.07) is 10.6. The number of rotatable bonds is 11. The van der Waals surface area contributed by atoms with Crippen molar-refractivity contribution in [3.63, 3.8) is 0 Å². The van der Waals surface area contributed by atoms with Crippen LogP contribution >= 0.6 is 0 Å². The van der Waals surface area contributed by atoms with Gasteiger partial charge >= 0.3 is 0 Å². The van der Waals surface area contributed by atoms with Crippen molar-refractivity contribution in [2.45, 2.75) is 82.7 Å². The van der Waals surface area contributed by atoms with Crippen molar-refractivity contribution in [1.82, 2.24) is 15.5 Å². The zero-order valence-corrected chi connectivity index (χ0v) is 25.5. The summed E-state index contributed by atoms with van der Waals surface area (Å²) in [5, 5.41) is 56.3. The average molecular weight is 616 g/mol. The highest BCUT2D eigenvalue weighted by Crippen LogP contribution is 2.31. The monoisotopic (exact) mass is 615 g/mol. The molecule has 0 spiro atoms. The van der Waals surface area contributed by atoms with Crippen molar-refractivity contribution in [3.8, 4) is 11.5 Å². The summed E-state index contributed by atoms with van der Waals surface area (Å²) in [6.07, 6.45) is -5.13. The summed E-state index contributed by atoms with van der Waals surface area (Å²) in [6.45, 7) is 7.65. The van der Waals surface area contributed by atoms with Crippen molar-refractivity contribution >= 4 is 11.8 Å². The third-order valence-electron chi connectivity index (χ3n) is 8.19. The fourth-order valence-electron chi connectivity index (χ4n) is 5.59. The number of aliphatic hydroxyl groups is 4. The van der Waals surface area contributed by atoms with Gasteiger partial charge in [0.2, 0.25) is 18.1 Å². The third-order valence-corrected chi connectivity index (χ3v) is 8.19. The number of aliphatic hydroxyl groups excluding tert-OH is 4. The van der Waals surface area contributed by atoms with Crippen LogP contribution in [0.25, 0.3) is 0 Å². The van der Waals surface area contributed by atoms with Crippen LogP contribution in [-0.2, 0) is 27.2 Å². The molecule has 5 atom stereocenters. The predicted molar refractivity (Wildman–Crippen MR) is 161 cm³/mol. The second kappa shape index (κ2) is 14.7. The molecular weight excluding hydrogens is 570 g/mol. The Balaban J connectivity index is 1.34. The highest BCUT2D eigenvalue weighted by Gasteiger charge is 2.45. The topological polar surface area (TPSA) is 181 Å². The summed E-state index contributed by atoms with van der Waals surface area (Å²) < 4.78 is 11.3. The van der Waals surface area contributed by atoms with Gasteiger partial charge in [-0.25, -0.2) is 0 Å². The molecule has 2 heterocycles. The van der Waals surface area contributed by atoms with E-state index in [9.17, 15) is 35.1 Å². The lowest BCUT2D eigenvalue weighted by Gasteiger charge is -2.39. The molecule has 2 aromatic rings. The molecule has 0 aromatic heterocycles. The Morgan fingerprint density at radius 3 is 2.43 bits per heavy atom. The SMILES string of the molecule is Cc1cc(CCCC(=O)NC(C)(C)C(=O)N2CCNCC2)ccc1Cc1ccc(O)cc1O[C@@H]1O[C@H](CO)[C@@H](O)[C@H](O)[C@H]1O. The summed E-state index contributed by atoms with van der Waals surface area (Å²) in [5.41, 5.74) is 2.79. The van der Waals surface area contributed by atoms with E-state index in [2.05, 4.69) is 16.7 Å². The van der Waals surface area contributed by atoms with E-state index in [1.54, 1.807) is 24.8 Å². The Labute approximate surface area is 257 Å². The van der Waals surface area contributed by atoms with Crippen LogP contribution in [0.1, 0.15) is 48.9 Å². The number of ether oxygens (including phenoxy) is 2. The molecule has 2 amide bonds. The Hall–Kier alpha value is -3.26. The molecular formula is C32H45N3O9. The van der Waals surface area contributed by atoms with E-state index < -0.39 is 42.9 Å². The van der Waals surface area contributed by atoms with Gasteiger partial charge in [-0.05, 0) is 61.9 Å². The fourth-order valence-corrected chi connectivity index (χ4v) is 5.59. The van der Waals surface area contributed by atoms with Crippen LogP contribution < -0.4 is 15.4 Å². The van der Waals surface area contributed by atoms with Gasteiger partial charge in [0.15, 0.2) is 0 Å². The van der Waals surface area contributed by atoms with Gasteiger partial charge in [-0.2, -0.15) is 0 Å². The standard InChI is InChI=1S/C32H45N3O9/c1-19-15-20(5-4-6-26(38)34-32(2,3)31(42)35-13-11-33-12-14-35)7-8-21(19)16-22-9-10-23(37)17-24(22)43-30-29(41)28(40)27(39)25(18-36)44-30/h7-10,15,17,25,27-30,33,36-37,39-41H,4-6,11-14,16,18H2,1-3H3,(H,34,38)/t25-,27-,28+,29-,30-/m1/s1. The first kappa shape index (κ1) is 33.6. The minimum Gasteiger partial charge on any atom is -0.508 e. The Morgan fingerprint density at radius 2 is 1.75 bits per heavy atom. The first-order valence-corrected chi connectivity index (χ1v) is 15.1. The van der Waals surface area contributed by atoms with Crippen molar-refractivity contribution in [2.75, 3.05) is 32.8 Å². The molecule has 12 heteroatoms. The van der Waals surface area contributed by atoms with Gasteiger partial charge in [0.25, 0.3) is 0 Å². The third kappa shape index (κ3) is 8.26. The molecule has 7 N–H and O–H groups in total. The lowest BCUT2D eigenvalue weighted by atomic mass is 9.96. The minimum absolute atomic E-state index is 0.0685. The van der Waals surface area contributed by atoms with Crippen LogP contribution in [0.15, 0.2) is 36.4 Å². The van der Waals surface area contributed by atoms with E-state index in [-0.39, 0.29) is 23.3 Å². The molecule has 2 aliphatic rings. The van der Waals surface area contributed by atoms with Gasteiger partial charge in [-0.15, -0.1) is 0 Å². The number of carbonyl (C=O) groups excluding carboxylic acids is 2. The van der Waals surface area contributed by atoms with Gasteiger partial charge in [0.05, 0.1) is 6.61 Å². The van der Waals surface area contributed by atoms with Gasteiger partial charge in [0.1, 0.15) is 41.5 Å². The molecule has 0 radical (unpaired) electrons. The highest BCUT2D eigenvalue weighted by atomic mass is 16.7. The van der Waals surface area contributed by atoms with E-state index in [0.29, 0.717) is 44.3 Å². The maximum Gasteiger partial charge on any atom is 0.247 e. The second-order valence-electron chi connectivity index (χ2n) is 12.1. The zero-order chi connectivity index (χ0) is 32.0. The Morgan fingerprint density at radius 1 is 1.05 bits per heavy atom. The number of aryl methyl sites for hydroxylation is 2. The molecule has 2 aliphatic heterocycles. The number of nitrogens with zero attached hydrogens (tertiary/aromatic N) is 1. The molecule has 2 saturated heterocycles. The fraction of sp³-hybridized carbons (Fsp3) is 0.562. The van der Waals surface area contributed by atoms with E-state index in [1.165, 1.54) is 12.1 Å². The molecule has 12 nitrogen and oxygen atoms in total. The van der Waals surface area contributed by atoms with E-state index >= 15 is 0 Å². The number of nitrogens with one attached hydrogen (secondary N) is 2. The van der Waals surface area contributed by atoms with Crippen LogP contribution in [0.4, 0.5) is 0 Å². The molecule has 0 saturated carbocycles. The highest BCUT2D eigenvalue weighted by molar-refractivity contribution is 5.90. The summed E-state index contributed by atoms with van der Waals surface area (Å²) in [7, 11) is 0. The number of piperazine rings is 1. The van der Waals surface area contributed by atoms with Crippen LogP contribution in [0, 0.1) is 6.92 Å². The molecule has 2 aromatic carbocycles. The van der Waals surface area contributed by atoms with Gasteiger partial charge in [-0.3, -0.25) is 9.59 Å². The van der Waals surface area contributed by atoms with E-state index in [4.69, 9.17) is 9.47 Å². The van der Waals surface area contributed by atoms with Crippen molar-refractivity contribution in [1.29, 1.82) is 0 Å². The number of hydrogen-bond acceptors (Lipinski definition) is 10. The summed E-state index contributed by atoms with van der Waals surface area (Å²) in [4.78, 5) is 27.3. The number of amides is 2.